The highest BCUT2D eigenvalue weighted by atomic mass is 32.2. The lowest BCUT2D eigenvalue weighted by Crippen LogP contribution is -2.49. The van der Waals surface area contributed by atoms with Crippen LogP contribution in [0.25, 0.3) is 0 Å². The second kappa shape index (κ2) is 9.46. The predicted molar refractivity (Wildman–Crippen MR) is 124 cm³/mol. The summed E-state index contributed by atoms with van der Waals surface area (Å²) in [7, 11) is -3.74. The van der Waals surface area contributed by atoms with Gasteiger partial charge in [-0.1, -0.05) is 18.2 Å². The van der Waals surface area contributed by atoms with Crippen molar-refractivity contribution in [1.82, 2.24) is 9.62 Å². The molecule has 1 N–H and O–H groups in total. The highest BCUT2D eigenvalue weighted by Gasteiger charge is 2.29. The van der Waals surface area contributed by atoms with Crippen LogP contribution in [0.2, 0.25) is 0 Å². The standard InChI is InChI=1S/C24H27N3O5S/c28-33(29,20-8-9-23-24(17-20)32-16-15-31-23)25-18-21(22-7-4-14-30-22)27-12-10-26(11-13-27)19-5-2-1-3-6-19/h1-9,14,17,21,25H,10-13,15-16,18H2/t21-/m1/s1. The summed E-state index contributed by atoms with van der Waals surface area (Å²) < 4.78 is 45.6. The number of nitrogens with zero attached hydrogens (tertiary/aromatic N) is 2. The minimum atomic E-state index is -3.74. The van der Waals surface area contributed by atoms with Crippen LogP contribution in [0.3, 0.4) is 0 Å². The fourth-order valence-electron chi connectivity index (χ4n) is 4.28. The van der Waals surface area contributed by atoms with Crippen molar-refractivity contribution in [3.05, 3.63) is 72.7 Å². The van der Waals surface area contributed by atoms with Crippen LogP contribution in [0.15, 0.2) is 76.2 Å². The molecule has 9 heteroatoms. The number of nitrogens with one attached hydrogen (secondary N) is 1. The average Bonchev–Trinajstić information content (AvgIpc) is 3.39. The van der Waals surface area contributed by atoms with E-state index in [0.717, 1.165) is 31.9 Å². The van der Waals surface area contributed by atoms with Gasteiger partial charge in [-0.2, -0.15) is 0 Å². The molecule has 2 aliphatic heterocycles. The molecule has 0 aliphatic carbocycles. The highest BCUT2D eigenvalue weighted by Crippen LogP contribution is 2.32. The Hall–Kier alpha value is -3.01. The summed E-state index contributed by atoms with van der Waals surface area (Å²) in [5, 5.41) is 0. The molecule has 0 saturated carbocycles. The van der Waals surface area contributed by atoms with Gasteiger partial charge in [-0.15, -0.1) is 0 Å². The number of ether oxygens (including phenoxy) is 2. The van der Waals surface area contributed by atoms with Crippen LogP contribution in [0.5, 0.6) is 11.5 Å². The quantitative estimate of drug-likeness (QED) is 0.570. The second-order valence-corrected chi connectivity index (χ2v) is 9.81. The van der Waals surface area contributed by atoms with E-state index in [4.69, 9.17) is 13.9 Å². The molecule has 0 amide bonds. The lowest BCUT2D eigenvalue weighted by molar-refractivity contribution is 0.166. The van der Waals surface area contributed by atoms with E-state index in [2.05, 4.69) is 26.7 Å². The summed E-state index contributed by atoms with van der Waals surface area (Å²) in [6.07, 6.45) is 1.62. The summed E-state index contributed by atoms with van der Waals surface area (Å²) in [5.74, 6) is 1.75. The number of piperazine rings is 1. The van der Waals surface area contributed by atoms with Gasteiger partial charge in [-0.05, 0) is 36.4 Å². The van der Waals surface area contributed by atoms with Crippen molar-refractivity contribution in [2.75, 3.05) is 50.8 Å². The molecule has 1 atom stereocenters. The maximum Gasteiger partial charge on any atom is 0.240 e. The van der Waals surface area contributed by atoms with Gasteiger partial charge < -0.3 is 18.8 Å². The average molecular weight is 470 g/mol. The number of para-hydroxylation sites is 1. The molecule has 5 rings (SSSR count). The Morgan fingerprint density at radius 1 is 0.879 bits per heavy atom. The molecule has 2 aliphatic rings. The largest absolute Gasteiger partial charge is 0.486 e. The Labute approximate surface area is 193 Å². The van der Waals surface area contributed by atoms with Gasteiger partial charge in [0.05, 0.1) is 17.2 Å². The minimum Gasteiger partial charge on any atom is -0.486 e. The molecular formula is C24H27N3O5S. The molecular weight excluding hydrogens is 442 g/mol. The monoisotopic (exact) mass is 469 g/mol. The normalized spacial score (nSPS) is 17.6. The number of rotatable bonds is 7. The van der Waals surface area contributed by atoms with E-state index in [9.17, 15) is 8.42 Å². The molecule has 0 unspecified atom stereocenters. The van der Waals surface area contributed by atoms with Crippen LogP contribution in [0.4, 0.5) is 5.69 Å². The van der Waals surface area contributed by atoms with Crippen molar-refractivity contribution in [3.8, 4) is 11.5 Å². The molecule has 8 nitrogen and oxygen atoms in total. The van der Waals surface area contributed by atoms with Gasteiger partial charge in [-0.3, -0.25) is 4.90 Å². The number of furan rings is 1. The number of hydrogen-bond donors (Lipinski definition) is 1. The molecule has 174 valence electrons. The number of fused-ring (bicyclic) bond motifs is 1. The molecule has 3 aromatic rings. The molecule has 1 aromatic heterocycles. The Morgan fingerprint density at radius 3 is 2.36 bits per heavy atom. The number of benzene rings is 2. The first kappa shape index (κ1) is 21.8. The summed E-state index contributed by atoms with van der Waals surface area (Å²) in [6.45, 7) is 4.37. The van der Waals surface area contributed by atoms with E-state index in [-0.39, 0.29) is 17.5 Å². The van der Waals surface area contributed by atoms with Crippen molar-refractivity contribution in [2.45, 2.75) is 10.9 Å². The first-order valence-electron chi connectivity index (χ1n) is 11.1. The van der Waals surface area contributed by atoms with Crippen molar-refractivity contribution in [1.29, 1.82) is 0 Å². The summed E-state index contributed by atoms with van der Waals surface area (Å²) in [6, 6.07) is 18.5. The zero-order chi connectivity index (χ0) is 22.7. The van der Waals surface area contributed by atoms with Gasteiger partial charge in [0.25, 0.3) is 0 Å². The number of sulfonamides is 1. The van der Waals surface area contributed by atoms with E-state index in [1.807, 2.05) is 30.3 Å². The van der Waals surface area contributed by atoms with Gasteiger partial charge >= 0.3 is 0 Å². The predicted octanol–water partition coefficient (Wildman–Crippen LogP) is 2.89. The third-order valence-corrected chi connectivity index (χ3v) is 7.46. The Kier molecular flexibility index (Phi) is 6.26. The van der Waals surface area contributed by atoms with Crippen LogP contribution in [-0.4, -0.2) is 59.3 Å². The molecule has 2 aromatic carbocycles. The first-order chi connectivity index (χ1) is 16.1. The molecule has 1 saturated heterocycles. The molecule has 3 heterocycles. The van der Waals surface area contributed by atoms with Crippen LogP contribution in [0.1, 0.15) is 11.8 Å². The van der Waals surface area contributed by atoms with Gasteiger partial charge in [0.1, 0.15) is 19.0 Å². The third kappa shape index (κ3) is 4.85. The fourth-order valence-corrected chi connectivity index (χ4v) is 5.34. The smallest absolute Gasteiger partial charge is 0.240 e. The van der Waals surface area contributed by atoms with Crippen LogP contribution in [-0.2, 0) is 10.0 Å². The lowest BCUT2D eigenvalue weighted by atomic mass is 10.1. The topological polar surface area (TPSA) is 84.3 Å². The molecule has 0 radical (unpaired) electrons. The number of anilines is 1. The van der Waals surface area contributed by atoms with Crippen LogP contribution >= 0.6 is 0 Å². The zero-order valence-electron chi connectivity index (χ0n) is 18.2. The minimum absolute atomic E-state index is 0.152. The first-order valence-corrected chi connectivity index (χ1v) is 12.6. The maximum atomic E-state index is 13.0. The van der Waals surface area contributed by atoms with Crippen molar-refractivity contribution in [2.24, 2.45) is 0 Å². The van der Waals surface area contributed by atoms with Gasteiger partial charge in [-0.25, -0.2) is 13.1 Å². The summed E-state index contributed by atoms with van der Waals surface area (Å²) in [4.78, 5) is 4.76. The van der Waals surface area contributed by atoms with Gasteiger partial charge in [0, 0.05) is 44.5 Å². The third-order valence-electron chi connectivity index (χ3n) is 6.04. The SMILES string of the molecule is O=S(=O)(NC[C@H](c1ccco1)N1CCN(c2ccccc2)CC1)c1ccc2c(c1)OCCO2. The second-order valence-electron chi connectivity index (χ2n) is 8.05. The summed E-state index contributed by atoms with van der Waals surface area (Å²) >= 11 is 0. The van der Waals surface area contributed by atoms with E-state index in [1.54, 1.807) is 12.3 Å². The van der Waals surface area contributed by atoms with Crippen molar-refractivity contribution in [3.63, 3.8) is 0 Å². The molecule has 0 bridgehead atoms. The van der Waals surface area contributed by atoms with Crippen molar-refractivity contribution >= 4 is 15.7 Å². The van der Waals surface area contributed by atoms with Crippen LogP contribution in [0, 0.1) is 0 Å². The number of hydrogen-bond acceptors (Lipinski definition) is 7. The fraction of sp³-hybridized carbons (Fsp3) is 0.333. The van der Waals surface area contributed by atoms with Crippen LogP contribution < -0.4 is 19.1 Å². The van der Waals surface area contributed by atoms with E-state index in [1.165, 1.54) is 17.8 Å². The Balaban J connectivity index is 1.28. The summed E-state index contributed by atoms with van der Waals surface area (Å²) in [5.41, 5.74) is 1.20. The zero-order valence-corrected chi connectivity index (χ0v) is 19.0. The lowest BCUT2D eigenvalue weighted by Gasteiger charge is -2.39. The molecule has 33 heavy (non-hydrogen) atoms. The maximum absolute atomic E-state index is 13.0. The van der Waals surface area contributed by atoms with Gasteiger partial charge in [0.15, 0.2) is 11.5 Å². The van der Waals surface area contributed by atoms with E-state index in [0.29, 0.717) is 24.7 Å². The Morgan fingerprint density at radius 2 is 1.64 bits per heavy atom. The highest BCUT2D eigenvalue weighted by molar-refractivity contribution is 7.89. The molecule has 0 spiro atoms. The van der Waals surface area contributed by atoms with E-state index < -0.39 is 10.0 Å². The molecule has 1 fully saturated rings. The van der Waals surface area contributed by atoms with Crippen molar-refractivity contribution < 1.29 is 22.3 Å². The Bertz CT molecular complexity index is 1160. The van der Waals surface area contributed by atoms with Gasteiger partial charge in [0.2, 0.25) is 10.0 Å². The van der Waals surface area contributed by atoms with E-state index >= 15 is 0 Å².